The highest BCUT2D eigenvalue weighted by Crippen LogP contribution is 2.34. The molecule has 0 bridgehead atoms. The molecule has 0 unspecified atom stereocenters. The highest BCUT2D eigenvalue weighted by Gasteiger charge is 2.15. The molecule has 5 aromatic heterocycles. The Bertz CT molecular complexity index is 1620. The van der Waals surface area contributed by atoms with E-state index in [1.165, 1.54) is 0 Å². The number of pyridine rings is 3. The zero-order chi connectivity index (χ0) is 23.6. The number of aromatic amines is 2. The monoisotopic (exact) mass is 459 g/mol. The summed E-state index contributed by atoms with van der Waals surface area (Å²) in [7, 11) is 0. The summed E-state index contributed by atoms with van der Waals surface area (Å²) in [6, 6.07) is 18.7. The molecule has 3 N–H and O–H groups in total. The maximum atomic E-state index is 4.62. The normalized spacial score (nSPS) is 11.5. The van der Waals surface area contributed by atoms with Crippen molar-refractivity contribution >= 4 is 21.9 Å². The highest BCUT2D eigenvalue weighted by molar-refractivity contribution is 6.00. The van der Waals surface area contributed by atoms with Gasteiger partial charge in [0.15, 0.2) is 5.65 Å². The van der Waals surface area contributed by atoms with Crippen LogP contribution >= 0.6 is 0 Å². The topological polar surface area (TPSA) is 95.2 Å². The van der Waals surface area contributed by atoms with E-state index < -0.39 is 0 Å². The molecule has 7 nitrogen and oxygen atoms in total. The van der Waals surface area contributed by atoms with Crippen molar-refractivity contribution in [3.63, 3.8) is 0 Å². The first kappa shape index (κ1) is 21.2. The van der Waals surface area contributed by atoms with Crippen LogP contribution in [0.4, 0.5) is 0 Å². The first-order valence-corrected chi connectivity index (χ1v) is 11.8. The molecule has 0 radical (unpaired) electrons. The number of benzene rings is 1. The maximum absolute atomic E-state index is 4.62. The number of H-pyrrole nitrogens is 2. The summed E-state index contributed by atoms with van der Waals surface area (Å²) in [6.07, 6.45) is 8.58. The largest absolute Gasteiger partial charge is 0.353 e. The molecule has 5 heterocycles. The minimum absolute atomic E-state index is 0.682. The molecule has 6 rings (SSSR count). The Morgan fingerprint density at radius 1 is 0.886 bits per heavy atom. The summed E-state index contributed by atoms with van der Waals surface area (Å²) < 4.78 is 0. The third kappa shape index (κ3) is 4.06. The minimum Gasteiger partial charge on any atom is -0.353 e. The van der Waals surface area contributed by atoms with E-state index in [0.717, 1.165) is 75.1 Å². The Kier molecular flexibility index (Phi) is 5.52. The number of hydrogen-bond donors (Lipinski definition) is 3. The summed E-state index contributed by atoms with van der Waals surface area (Å²) in [4.78, 5) is 17.2. The molecule has 0 saturated heterocycles. The fraction of sp³-hybridized carbons (Fsp3) is 0.143. The van der Waals surface area contributed by atoms with Crippen molar-refractivity contribution < 1.29 is 0 Å². The summed E-state index contributed by atoms with van der Waals surface area (Å²) >= 11 is 0. The van der Waals surface area contributed by atoms with Gasteiger partial charge < -0.3 is 10.3 Å². The van der Waals surface area contributed by atoms with Crippen LogP contribution in [-0.2, 0) is 6.54 Å². The van der Waals surface area contributed by atoms with Gasteiger partial charge in [0, 0.05) is 64.3 Å². The van der Waals surface area contributed by atoms with Crippen molar-refractivity contribution in [2.75, 3.05) is 6.54 Å². The van der Waals surface area contributed by atoms with Crippen LogP contribution in [0.15, 0.2) is 79.4 Å². The number of hydrogen-bond acceptors (Lipinski definition) is 5. The molecule has 0 spiro atoms. The Labute approximate surface area is 202 Å². The van der Waals surface area contributed by atoms with Crippen LogP contribution in [0.2, 0.25) is 0 Å². The second-order valence-electron chi connectivity index (χ2n) is 8.62. The highest BCUT2D eigenvalue weighted by atomic mass is 15.2. The van der Waals surface area contributed by atoms with E-state index in [0.29, 0.717) is 5.65 Å². The number of aromatic nitrogens is 6. The molecule has 0 amide bonds. The maximum Gasteiger partial charge on any atom is 0.181 e. The number of nitrogens with one attached hydrogen (secondary N) is 3. The van der Waals surface area contributed by atoms with Crippen LogP contribution in [0.5, 0.6) is 0 Å². The van der Waals surface area contributed by atoms with E-state index in [9.17, 15) is 0 Å². The van der Waals surface area contributed by atoms with Gasteiger partial charge in [-0.05, 0) is 54.9 Å². The first-order valence-electron chi connectivity index (χ1n) is 11.8. The SMILES string of the molecule is CCCNCc1cncc(-c2cnc3n[nH]c(-c4cc5c(-c6ccccn6)cccc5[nH]4)c3c2)c1. The molecular weight excluding hydrogens is 434 g/mol. The van der Waals surface area contributed by atoms with Gasteiger partial charge in [0.05, 0.1) is 17.1 Å². The third-order valence-electron chi connectivity index (χ3n) is 6.17. The van der Waals surface area contributed by atoms with Crippen LogP contribution in [0.3, 0.4) is 0 Å². The van der Waals surface area contributed by atoms with Crippen LogP contribution in [0, 0.1) is 0 Å². The van der Waals surface area contributed by atoms with Gasteiger partial charge in [-0.15, -0.1) is 0 Å². The zero-order valence-electron chi connectivity index (χ0n) is 19.4. The summed E-state index contributed by atoms with van der Waals surface area (Å²) in [5.41, 5.74) is 8.84. The molecule has 0 aliphatic heterocycles. The van der Waals surface area contributed by atoms with Crippen molar-refractivity contribution in [2.45, 2.75) is 19.9 Å². The number of fused-ring (bicyclic) bond motifs is 2. The van der Waals surface area contributed by atoms with Crippen molar-refractivity contribution in [2.24, 2.45) is 0 Å². The number of nitrogens with zero attached hydrogens (tertiary/aromatic N) is 4. The molecule has 35 heavy (non-hydrogen) atoms. The predicted octanol–water partition coefficient (Wildman–Crippen LogP) is 5.73. The fourth-order valence-electron chi connectivity index (χ4n) is 4.45. The van der Waals surface area contributed by atoms with Crippen LogP contribution in [-0.4, -0.2) is 36.7 Å². The summed E-state index contributed by atoms with van der Waals surface area (Å²) in [5, 5.41) is 13.2. The van der Waals surface area contributed by atoms with E-state index in [1.807, 2.05) is 49.1 Å². The van der Waals surface area contributed by atoms with E-state index in [2.05, 4.69) is 72.7 Å². The second kappa shape index (κ2) is 9.12. The molecule has 0 aliphatic carbocycles. The molecular formula is C28H25N7. The van der Waals surface area contributed by atoms with E-state index in [1.54, 1.807) is 0 Å². The standard InChI is InChI=1S/C28H25N7/c1-2-9-29-14-18-11-19(16-30-15-18)20-12-23-27(34-35-28(23)32-17-20)26-13-22-21(6-5-8-25(22)33-26)24-7-3-4-10-31-24/h3-8,10-13,15-17,29,33H,2,9,14H2,1H3,(H,32,34,35). The van der Waals surface area contributed by atoms with Crippen molar-refractivity contribution in [1.82, 2.24) is 35.5 Å². The quantitative estimate of drug-likeness (QED) is 0.265. The molecule has 1 aromatic carbocycles. The molecule has 172 valence electrons. The Morgan fingerprint density at radius 3 is 2.71 bits per heavy atom. The molecule has 0 fully saturated rings. The van der Waals surface area contributed by atoms with Gasteiger partial charge in [0.1, 0.15) is 0 Å². The van der Waals surface area contributed by atoms with Crippen molar-refractivity contribution in [1.29, 1.82) is 0 Å². The molecule has 0 saturated carbocycles. The average Bonchev–Trinajstić information content (AvgIpc) is 3.53. The van der Waals surface area contributed by atoms with Crippen LogP contribution < -0.4 is 5.32 Å². The van der Waals surface area contributed by atoms with Crippen molar-refractivity contribution in [3.05, 3.63) is 84.9 Å². The van der Waals surface area contributed by atoms with Gasteiger partial charge in [-0.25, -0.2) is 4.98 Å². The average molecular weight is 460 g/mol. The van der Waals surface area contributed by atoms with Gasteiger partial charge in [0.25, 0.3) is 0 Å². The lowest BCUT2D eigenvalue weighted by Crippen LogP contribution is -2.13. The molecule has 0 atom stereocenters. The van der Waals surface area contributed by atoms with E-state index in [-0.39, 0.29) is 0 Å². The van der Waals surface area contributed by atoms with Gasteiger partial charge in [-0.3, -0.25) is 15.1 Å². The predicted molar refractivity (Wildman–Crippen MR) is 140 cm³/mol. The minimum atomic E-state index is 0.682. The number of rotatable bonds is 7. The van der Waals surface area contributed by atoms with Crippen LogP contribution in [0.25, 0.3) is 55.7 Å². The molecule has 7 heteroatoms. The lowest BCUT2D eigenvalue weighted by Gasteiger charge is -2.06. The Balaban J connectivity index is 1.40. The second-order valence-corrected chi connectivity index (χ2v) is 8.62. The summed E-state index contributed by atoms with van der Waals surface area (Å²) in [5.74, 6) is 0. The molecule has 0 aliphatic rings. The van der Waals surface area contributed by atoms with E-state index >= 15 is 0 Å². The first-order chi connectivity index (χ1) is 17.3. The van der Waals surface area contributed by atoms with Crippen LogP contribution in [0.1, 0.15) is 18.9 Å². The molecule has 6 aromatic rings. The van der Waals surface area contributed by atoms with Crippen molar-refractivity contribution in [3.8, 4) is 33.8 Å². The Hall–Kier alpha value is -4.36. The van der Waals surface area contributed by atoms with Gasteiger partial charge >= 0.3 is 0 Å². The Morgan fingerprint density at radius 2 is 1.83 bits per heavy atom. The van der Waals surface area contributed by atoms with Gasteiger partial charge in [-0.2, -0.15) is 5.10 Å². The fourth-order valence-corrected chi connectivity index (χ4v) is 4.45. The lowest BCUT2D eigenvalue weighted by molar-refractivity contribution is 0.674. The van der Waals surface area contributed by atoms with Gasteiger partial charge in [0.2, 0.25) is 0 Å². The lowest BCUT2D eigenvalue weighted by atomic mass is 10.0. The summed E-state index contributed by atoms with van der Waals surface area (Å²) in [6.45, 7) is 3.95. The third-order valence-corrected chi connectivity index (χ3v) is 6.17. The van der Waals surface area contributed by atoms with Gasteiger partial charge in [-0.1, -0.05) is 25.1 Å². The van der Waals surface area contributed by atoms with E-state index in [4.69, 9.17) is 0 Å². The zero-order valence-corrected chi connectivity index (χ0v) is 19.4. The smallest absolute Gasteiger partial charge is 0.181 e.